The van der Waals surface area contributed by atoms with Crippen LogP contribution in [0.5, 0.6) is 0 Å². The summed E-state index contributed by atoms with van der Waals surface area (Å²) in [5.74, 6) is 0.625. The van der Waals surface area contributed by atoms with Gasteiger partial charge in [-0.2, -0.15) is 0 Å². The van der Waals surface area contributed by atoms with Crippen molar-refractivity contribution in [2.24, 2.45) is 5.92 Å². The molecule has 0 aliphatic carbocycles. The molecule has 1 amide bonds. The average molecular weight is 254 g/mol. The van der Waals surface area contributed by atoms with Crippen molar-refractivity contribution in [1.29, 1.82) is 0 Å². The Labute approximate surface area is 113 Å². The number of carbonyl (C=O) groups is 1. The van der Waals surface area contributed by atoms with E-state index in [0.717, 1.165) is 26.1 Å². The molecule has 1 rings (SSSR count). The second kappa shape index (κ2) is 8.52. The Morgan fingerprint density at radius 1 is 1.22 bits per heavy atom. The first kappa shape index (κ1) is 15.5. The van der Waals surface area contributed by atoms with E-state index >= 15 is 0 Å². The first-order valence-electron chi connectivity index (χ1n) is 7.74. The lowest BCUT2D eigenvalue weighted by Gasteiger charge is -2.34. The Bertz CT molecular complexity index is 239. The molecule has 3 nitrogen and oxygen atoms in total. The van der Waals surface area contributed by atoms with Crippen LogP contribution in [0.15, 0.2) is 0 Å². The van der Waals surface area contributed by atoms with Gasteiger partial charge in [0, 0.05) is 19.6 Å². The molecule has 3 heteroatoms. The second-order valence-corrected chi connectivity index (χ2v) is 5.36. The highest BCUT2D eigenvalue weighted by molar-refractivity contribution is 5.79. The number of piperidine rings is 1. The number of carbonyl (C=O) groups excluding carboxylic acids is 1. The van der Waals surface area contributed by atoms with Gasteiger partial charge in [0.1, 0.15) is 0 Å². The lowest BCUT2D eigenvalue weighted by molar-refractivity contribution is -0.137. The number of nitrogens with zero attached hydrogens (tertiary/aromatic N) is 2. The molecule has 0 bridgehead atoms. The van der Waals surface area contributed by atoms with E-state index in [1.54, 1.807) is 0 Å². The summed E-state index contributed by atoms with van der Waals surface area (Å²) in [4.78, 5) is 16.8. The third kappa shape index (κ3) is 4.60. The molecule has 18 heavy (non-hydrogen) atoms. The molecule has 0 aromatic heterocycles. The summed E-state index contributed by atoms with van der Waals surface area (Å²) in [6.45, 7) is 11.4. The maximum atomic E-state index is 12.3. The van der Waals surface area contributed by atoms with E-state index in [-0.39, 0.29) is 5.92 Å². The maximum Gasteiger partial charge on any atom is 0.226 e. The lowest BCUT2D eigenvalue weighted by Crippen LogP contribution is -2.45. The molecule has 1 atom stereocenters. The average Bonchev–Trinajstić information content (AvgIpc) is 2.41. The van der Waals surface area contributed by atoms with Gasteiger partial charge in [0.2, 0.25) is 5.91 Å². The Kier molecular flexibility index (Phi) is 7.33. The molecule has 1 unspecified atom stereocenters. The van der Waals surface area contributed by atoms with Gasteiger partial charge in [-0.1, -0.05) is 19.8 Å². The predicted molar refractivity (Wildman–Crippen MR) is 76.6 cm³/mol. The Hall–Kier alpha value is -0.570. The van der Waals surface area contributed by atoms with Crippen molar-refractivity contribution in [2.45, 2.75) is 52.9 Å². The fourth-order valence-electron chi connectivity index (χ4n) is 2.84. The topological polar surface area (TPSA) is 23.6 Å². The van der Waals surface area contributed by atoms with Gasteiger partial charge in [-0.15, -0.1) is 0 Å². The zero-order valence-electron chi connectivity index (χ0n) is 12.5. The van der Waals surface area contributed by atoms with Crippen LogP contribution >= 0.6 is 0 Å². The molecule has 0 aromatic carbocycles. The standard InChI is InChI=1S/C15H30N2O/c1-4-7-8-11-16-12-9-10-14(13-16)15(18)17(5-2)6-3/h14H,4-13H2,1-3H3. The molecular formula is C15H30N2O. The highest BCUT2D eigenvalue weighted by Crippen LogP contribution is 2.19. The molecule has 0 N–H and O–H groups in total. The minimum Gasteiger partial charge on any atom is -0.343 e. The van der Waals surface area contributed by atoms with E-state index < -0.39 is 0 Å². The summed E-state index contributed by atoms with van der Waals surface area (Å²) in [6.07, 6.45) is 6.13. The van der Waals surface area contributed by atoms with E-state index in [9.17, 15) is 4.79 Å². The molecule has 1 saturated heterocycles. The van der Waals surface area contributed by atoms with Gasteiger partial charge < -0.3 is 9.80 Å². The first-order chi connectivity index (χ1) is 8.72. The van der Waals surface area contributed by atoms with Crippen LogP contribution in [0.25, 0.3) is 0 Å². The summed E-state index contributed by atoms with van der Waals surface area (Å²) >= 11 is 0. The van der Waals surface area contributed by atoms with Crippen LogP contribution in [0.1, 0.15) is 52.9 Å². The molecule has 1 aliphatic heterocycles. The molecule has 0 radical (unpaired) electrons. The van der Waals surface area contributed by atoms with Crippen LogP contribution in [-0.4, -0.2) is 48.4 Å². The van der Waals surface area contributed by atoms with Gasteiger partial charge >= 0.3 is 0 Å². The molecule has 1 aliphatic rings. The van der Waals surface area contributed by atoms with Crippen molar-refractivity contribution in [3.8, 4) is 0 Å². The highest BCUT2D eigenvalue weighted by atomic mass is 16.2. The van der Waals surface area contributed by atoms with Gasteiger partial charge in [-0.25, -0.2) is 0 Å². The quantitative estimate of drug-likeness (QED) is 0.652. The largest absolute Gasteiger partial charge is 0.343 e. The Morgan fingerprint density at radius 2 is 1.94 bits per heavy atom. The van der Waals surface area contributed by atoms with Crippen molar-refractivity contribution in [2.75, 3.05) is 32.7 Å². The summed E-state index contributed by atoms with van der Waals surface area (Å²) in [7, 11) is 0. The number of amides is 1. The Morgan fingerprint density at radius 3 is 2.56 bits per heavy atom. The van der Waals surface area contributed by atoms with Gasteiger partial charge in [-0.05, 0) is 46.2 Å². The predicted octanol–water partition coefficient (Wildman–Crippen LogP) is 2.76. The van der Waals surface area contributed by atoms with Gasteiger partial charge in [-0.3, -0.25) is 4.79 Å². The number of likely N-dealkylation sites (tertiary alicyclic amines) is 1. The van der Waals surface area contributed by atoms with Gasteiger partial charge in [0.25, 0.3) is 0 Å². The molecule has 1 heterocycles. The maximum absolute atomic E-state index is 12.3. The molecule has 1 fully saturated rings. The van der Waals surface area contributed by atoms with Crippen LogP contribution in [0.4, 0.5) is 0 Å². The number of unbranched alkanes of at least 4 members (excludes halogenated alkanes) is 2. The number of rotatable bonds is 7. The van der Waals surface area contributed by atoms with E-state index in [4.69, 9.17) is 0 Å². The van der Waals surface area contributed by atoms with E-state index in [1.165, 1.54) is 38.8 Å². The van der Waals surface area contributed by atoms with E-state index in [2.05, 4.69) is 25.7 Å². The lowest BCUT2D eigenvalue weighted by atomic mass is 9.96. The Balaban J connectivity index is 2.40. The fourth-order valence-corrected chi connectivity index (χ4v) is 2.84. The normalized spacial score (nSPS) is 20.9. The second-order valence-electron chi connectivity index (χ2n) is 5.36. The first-order valence-corrected chi connectivity index (χ1v) is 7.74. The van der Waals surface area contributed by atoms with Crippen LogP contribution in [0.2, 0.25) is 0 Å². The summed E-state index contributed by atoms with van der Waals surface area (Å²) in [5.41, 5.74) is 0. The van der Waals surface area contributed by atoms with Crippen molar-refractivity contribution < 1.29 is 4.79 Å². The molecule has 0 aromatic rings. The fraction of sp³-hybridized carbons (Fsp3) is 0.933. The highest BCUT2D eigenvalue weighted by Gasteiger charge is 2.27. The summed E-state index contributed by atoms with van der Waals surface area (Å²) in [5, 5.41) is 0. The molecule has 0 saturated carbocycles. The van der Waals surface area contributed by atoms with Crippen LogP contribution in [0.3, 0.4) is 0 Å². The van der Waals surface area contributed by atoms with Crippen LogP contribution in [0, 0.1) is 5.92 Å². The number of hydrogen-bond donors (Lipinski definition) is 0. The van der Waals surface area contributed by atoms with Crippen LogP contribution in [-0.2, 0) is 4.79 Å². The SMILES string of the molecule is CCCCCN1CCCC(C(=O)N(CC)CC)C1. The zero-order valence-corrected chi connectivity index (χ0v) is 12.5. The molecular weight excluding hydrogens is 224 g/mol. The minimum atomic E-state index is 0.250. The van der Waals surface area contributed by atoms with Crippen LogP contribution < -0.4 is 0 Å². The van der Waals surface area contributed by atoms with E-state index in [1.807, 2.05) is 4.90 Å². The summed E-state index contributed by atoms with van der Waals surface area (Å²) in [6, 6.07) is 0. The monoisotopic (exact) mass is 254 g/mol. The number of hydrogen-bond acceptors (Lipinski definition) is 2. The smallest absolute Gasteiger partial charge is 0.226 e. The van der Waals surface area contributed by atoms with Crippen molar-refractivity contribution >= 4 is 5.91 Å². The van der Waals surface area contributed by atoms with Crippen molar-refractivity contribution in [1.82, 2.24) is 9.80 Å². The van der Waals surface area contributed by atoms with E-state index in [0.29, 0.717) is 5.91 Å². The summed E-state index contributed by atoms with van der Waals surface area (Å²) < 4.78 is 0. The zero-order chi connectivity index (χ0) is 13.4. The van der Waals surface area contributed by atoms with Gasteiger partial charge in [0.05, 0.1) is 5.92 Å². The van der Waals surface area contributed by atoms with Gasteiger partial charge in [0.15, 0.2) is 0 Å². The molecule has 0 spiro atoms. The minimum absolute atomic E-state index is 0.250. The third-order valence-corrected chi connectivity index (χ3v) is 4.01. The third-order valence-electron chi connectivity index (χ3n) is 4.01. The molecule has 106 valence electrons. The van der Waals surface area contributed by atoms with Crippen molar-refractivity contribution in [3.05, 3.63) is 0 Å². The van der Waals surface area contributed by atoms with Crippen molar-refractivity contribution in [3.63, 3.8) is 0 Å².